The van der Waals surface area contributed by atoms with Crippen LogP contribution in [0.1, 0.15) is 18.1 Å². The summed E-state index contributed by atoms with van der Waals surface area (Å²) in [4.78, 5) is -0.0309. The highest BCUT2D eigenvalue weighted by molar-refractivity contribution is 7.89. The fourth-order valence-corrected chi connectivity index (χ4v) is 3.48. The molecule has 0 fully saturated rings. The Kier molecular flexibility index (Phi) is 5.22. The molecule has 0 spiro atoms. The van der Waals surface area contributed by atoms with E-state index in [0.717, 1.165) is 0 Å². The van der Waals surface area contributed by atoms with Gasteiger partial charge in [0.1, 0.15) is 5.82 Å². The van der Waals surface area contributed by atoms with E-state index in [0.29, 0.717) is 12.1 Å². The van der Waals surface area contributed by atoms with E-state index in [1.54, 1.807) is 6.92 Å². The van der Waals surface area contributed by atoms with Gasteiger partial charge in [0.25, 0.3) is 0 Å². The van der Waals surface area contributed by atoms with Gasteiger partial charge >= 0.3 is 0 Å². The van der Waals surface area contributed by atoms with E-state index >= 15 is 0 Å². The number of sulfonamides is 1. The van der Waals surface area contributed by atoms with E-state index in [2.05, 4.69) is 6.58 Å². The van der Waals surface area contributed by atoms with Gasteiger partial charge in [-0.1, -0.05) is 13.0 Å². The third kappa shape index (κ3) is 3.20. The number of halogens is 1. The van der Waals surface area contributed by atoms with Crippen LogP contribution in [-0.2, 0) is 16.6 Å². The lowest BCUT2D eigenvalue weighted by Gasteiger charge is -2.20. The van der Waals surface area contributed by atoms with Crippen molar-refractivity contribution in [3.63, 3.8) is 0 Å². The SMILES string of the molecule is C=CCN(CC)S(=O)(=O)c1cc(CN)cc(F)c1C. The van der Waals surface area contributed by atoms with Crippen molar-refractivity contribution in [1.29, 1.82) is 0 Å². The van der Waals surface area contributed by atoms with Crippen molar-refractivity contribution in [3.8, 4) is 0 Å². The van der Waals surface area contributed by atoms with Gasteiger partial charge in [0, 0.05) is 25.2 Å². The molecule has 1 rings (SSSR count). The molecule has 2 N–H and O–H groups in total. The normalized spacial score (nSPS) is 11.8. The lowest BCUT2D eigenvalue weighted by molar-refractivity contribution is 0.458. The number of benzene rings is 1. The van der Waals surface area contributed by atoms with Crippen LogP contribution < -0.4 is 5.73 Å². The van der Waals surface area contributed by atoms with Gasteiger partial charge in [0.15, 0.2) is 0 Å². The zero-order valence-corrected chi connectivity index (χ0v) is 12.0. The van der Waals surface area contributed by atoms with E-state index in [4.69, 9.17) is 5.73 Å². The van der Waals surface area contributed by atoms with Crippen LogP contribution in [-0.4, -0.2) is 25.8 Å². The second-order valence-corrected chi connectivity index (χ2v) is 6.06. The molecule has 0 aromatic heterocycles. The van der Waals surface area contributed by atoms with Crippen molar-refractivity contribution < 1.29 is 12.8 Å². The molecule has 0 unspecified atom stereocenters. The Labute approximate surface area is 113 Å². The summed E-state index contributed by atoms with van der Waals surface area (Å²) in [6.07, 6.45) is 1.50. The molecule has 0 aliphatic heterocycles. The maximum Gasteiger partial charge on any atom is 0.243 e. The fraction of sp³-hybridized carbons (Fsp3) is 0.385. The molecule has 0 saturated heterocycles. The number of nitrogens with two attached hydrogens (primary N) is 1. The van der Waals surface area contributed by atoms with Crippen LogP contribution >= 0.6 is 0 Å². The predicted octanol–water partition coefficient (Wildman–Crippen LogP) is 1.79. The van der Waals surface area contributed by atoms with E-state index in [1.165, 1.54) is 29.4 Å². The molecule has 0 aliphatic carbocycles. The molecule has 6 heteroatoms. The molecule has 0 radical (unpaired) electrons. The second kappa shape index (κ2) is 6.27. The van der Waals surface area contributed by atoms with E-state index in [1.807, 2.05) is 0 Å². The minimum absolute atomic E-state index is 0.0309. The summed E-state index contributed by atoms with van der Waals surface area (Å²) in [5, 5.41) is 0. The summed E-state index contributed by atoms with van der Waals surface area (Å²) >= 11 is 0. The lowest BCUT2D eigenvalue weighted by Crippen LogP contribution is -2.31. The fourth-order valence-electron chi connectivity index (χ4n) is 1.77. The summed E-state index contributed by atoms with van der Waals surface area (Å²) in [6, 6.07) is 2.69. The Morgan fingerprint density at radius 2 is 2.11 bits per heavy atom. The molecule has 0 atom stereocenters. The first kappa shape index (κ1) is 15.8. The van der Waals surface area contributed by atoms with E-state index < -0.39 is 15.8 Å². The molecule has 0 bridgehead atoms. The number of nitrogens with zero attached hydrogens (tertiary/aromatic N) is 1. The topological polar surface area (TPSA) is 63.4 Å². The first-order chi connectivity index (χ1) is 8.88. The average molecular weight is 286 g/mol. The number of hydrogen-bond donors (Lipinski definition) is 1. The first-order valence-electron chi connectivity index (χ1n) is 5.98. The molecular weight excluding hydrogens is 267 g/mol. The molecule has 0 amide bonds. The maximum atomic E-state index is 13.8. The van der Waals surface area contributed by atoms with Crippen LogP contribution in [0.25, 0.3) is 0 Å². The largest absolute Gasteiger partial charge is 0.326 e. The average Bonchev–Trinajstić information content (AvgIpc) is 2.38. The Bertz CT molecular complexity index is 570. The van der Waals surface area contributed by atoms with Crippen LogP contribution in [0.15, 0.2) is 29.7 Å². The van der Waals surface area contributed by atoms with Crippen molar-refractivity contribution in [2.24, 2.45) is 5.73 Å². The standard InChI is InChI=1S/C13H19FN2O2S/c1-4-6-16(5-2)19(17,18)13-8-11(9-15)7-12(14)10(13)3/h4,7-8H,1,5-6,9,15H2,2-3H3. The summed E-state index contributed by atoms with van der Waals surface area (Å²) in [7, 11) is -3.73. The van der Waals surface area contributed by atoms with Gasteiger partial charge in [-0.3, -0.25) is 0 Å². The van der Waals surface area contributed by atoms with Crippen LogP contribution in [0.2, 0.25) is 0 Å². The predicted molar refractivity (Wildman–Crippen MR) is 73.7 cm³/mol. The molecule has 0 heterocycles. The molecular formula is C13H19FN2O2S. The van der Waals surface area contributed by atoms with Crippen LogP contribution in [0.5, 0.6) is 0 Å². The van der Waals surface area contributed by atoms with E-state index in [-0.39, 0.29) is 23.5 Å². The quantitative estimate of drug-likeness (QED) is 0.811. The van der Waals surface area contributed by atoms with Gasteiger partial charge in [-0.25, -0.2) is 12.8 Å². The number of likely N-dealkylation sites (N-methyl/N-ethyl adjacent to an activating group) is 1. The highest BCUT2D eigenvalue weighted by Gasteiger charge is 2.25. The molecule has 1 aromatic rings. The number of rotatable bonds is 6. The van der Waals surface area contributed by atoms with E-state index in [9.17, 15) is 12.8 Å². The highest BCUT2D eigenvalue weighted by Crippen LogP contribution is 2.23. The summed E-state index contributed by atoms with van der Waals surface area (Å²) in [6.45, 7) is 7.27. The summed E-state index contributed by atoms with van der Waals surface area (Å²) in [5.74, 6) is -0.559. The number of hydrogen-bond acceptors (Lipinski definition) is 3. The minimum atomic E-state index is -3.73. The van der Waals surface area contributed by atoms with Gasteiger partial charge in [0.2, 0.25) is 10.0 Å². The molecule has 106 valence electrons. The molecule has 4 nitrogen and oxygen atoms in total. The maximum absolute atomic E-state index is 13.8. The van der Waals surface area contributed by atoms with Crippen molar-refractivity contribution in [1.82, 2.24) is 4.31 Å². The van der Waals surface area contributed by atoms with Gasteiger partial charge in [-0.05, 0) is 24.6 Å². The van der Waals surface area contributed by atoms with Gasteiger partial charge < -0.3 is 5.73 Å². The Morgan fingerprint density at radius 1 is 1.47 bits per heavy atom. The van der Waals surface area contributed by atoms with Crippen molar-refractivity contribution in [2.45, 2.75) is 25.3 Å². The summed E-state index contributed by atoms with van der Waals surface area (Å²) in [5.41, 5.74) is 6.02. The van der Waals surface area contributed by atoms with Crippen LogP contribution in [0.4, 0.5) is 4.39 Å². The lowest BCUT2D eigenvalue weighted by atomic mass is 10.1. The molecule has 19 heavy (non-hydrogen) atoms. The Balaban J connectivity index is 3.42. The first-order valence-corrected chi connectivity index (χ1v) is 7.42. The third-order valence-electron chi connectivity index (χ3n) is 2.90. The van der Waals surface area contributed by atoms with Gasteiger partial charge in [0.05, 0.1) is 4.90 Å². The Hall–Kier alpha value is -1.24. The molecule has 0 aliphatic rings. The third-order valence-corrected chi connectivity index (χ3v) is 4.96. The highest BCUT2D eigenvalue weighted by atomic mass is 32.2. The zero-order chi connectivity index (χ0) is 14.6. The summed E-state index contributed by atoms with van der Waals surface area (Å²) < 4.78 is 39.9. The van der Waals surface area contributed by atoms with Crippen LogP contribution in [0, 0.1) is 12.7 Å². The van der Waals surface area contributed by atoms with Gasteiger partial charge in [-0.2, -0.15) is 4.31 Å². The molecule has 1 aromatic carbocycles. The second-order valence-electron chi connectivity index (χ2n) is 4.15. The van der Waals surface area contributed by atoms with Gasteiger partial charge in [-0.15, -0.1) is 6.58 Å². The minimum Gasteiger partial charge on any atom is -0.326 e. The van der Waals surface area contributed by atoms with Crippen molar-refractivity contribution in [3.05, 3.63) is 41.7 Å². The Morgan fingerprint density at radius 3 is 2.58 bits per heavy atom. The monoisotopic (exact) mass is 286 g/mol. The van der Waals surface area contributed by atoms with Crippen LogP contribution in [0.3, 0.4) is 0 Å². The zero-order valence-electron chi connectivity index (χ0n) is 11.2. The smallest absolute Gasteiger partial charge is 0.243 e. The van der Waals surface area contributed by atoms with Crippen molar-refractivity contribution in [2.75, 3.05) is 13.1 Å². The molecule has 0 saturated carbocycles. The van der Waals surface area contributed by atoms with Crippen molar-refractivity contribution >= 4 is 10.0 Å².